The van der Waals surface area contributed by atoms with Crippen LogP contribution in [0.3, 0.4) is 0 Å². The molecule has 156 valence electrons. The predicted octanol–water partition coefficient (Wildman–Crippen LogP) is 4.78. The molecule has 0 N–H and O–H groups in total. The van der Waals surface area contributed by atoms with Gasteiger partial charge in [-0.3, -0.25) is 10.1 Å². The number of carbonyl (C=O) groups is 1. The second-order valence-corrected chi connectivity index (χ2v) is 6.65. The number of nitro groups is 1. The fourth-order valence-electron chi connectivity index (χ4n) is 2.69. The van der Waals surface area contributed by atoms with Gasteiger partial charge in [-0.1, -0.05) is 24.6 Å². The van der Waals surface area contributed by atoms with Gasteiger partial charge in [-0.25, -0.2) is 9.79 Å². The van der Waals surface area contributed by atoms with Crippen LogP contribution in [0.4, 0.5) is 5.69 Å². The number of esters is 1. The van der Waals surface area contributed by atoms with Crippen molar-refractivity contribution in [2.75, 3.05) is 13.2 Å². The lowest BCUT2D eigenvalue weighted by Crippen LogP contribution is -2.06. The van der Waals surface area contributed by atoms with Gasteiger partial charge >= 0.3 is 5.97 Å². The summed E-state index contributed by atoms with van der Waals surface area (Å²) < 4.78 is 16.5. The molecule has 0 atom stereocenters. The van der Waals surface area contributed by atoms with Crippen LogP contribution in [-0.4, -0.2) is 30.0 Å². The first-order valence-corrected chi connectivity index (χ1v) is 9.67. The number of halogens is 1. The zero-order valence-electron chi connectivity index (χ0n) is 16.4. The van der Waals surface area contributed by atoms with Gasteiger partial charge in [0.1, 0.15) is 0 Å². The molecule has 1 aliphatic heterocycles. The molecule has 0 saturated heterocycles. The fraction of sp³-hybridized carbons (Fsp3) is 0.238. The lowest BCUT2D eigenvalue weighted by atomic mass is 10.1. The number of aliphatic imine (C=N–C) groups is 1. The number of hydrogen-bond acceptors (Lipinski definition) is 7. The molecule has 0 spiro atoms. The van der Waals surface area contributed by atoms with E-state index in [-0.39, 0.29) is 27.9 Å². The van der Waals surface area contributed by atoms with E-state index in [9.17, 15) is 14.9 Å². The van der Waals surface area contributed by atoms with Gasteiger partial charge < -0.3 is 14.2 Å². The third-order valence-electron chi connectivity index (χ3n) is 4.04. The van der Waals surface area contributed by atoms with Crippen molar-refractivity contribution in [1.29, 1.82) is 0 Å². The average Bonchev–Trinajstić information content (AvgIpc) is 3.08. The van der Waals surface area contributed by atoms with Crippen molar-refractivity contribution in [1.82, 2.24) is 0 Å². The summed E-state index contributed by atoms with van der Waals surface area (Å²) in [6, 6.07) is 9.10. The van der Waals surface area contributed by atoms with Gasteiger partial charge in [0.2, 0.25) is 5.90 Å². The Labute approximate surface area is 177 Å². The Kier molecular flexibility index (Phi) is 6.68. The Morgan fingerprint density at radius 2 is 1.97 bits per heavy atom. The highest BCUT2D eigenvalue weighted by molar-refractivity contribution is 6.34. The standard InChI is InChI=1S/C21H19ClN2O6/c1-3-9-29-18-8-5-13(11-19(18)28-4-2)10-17-21(25)30-20(23-17)15-12-14(24(26)27)6-7-16(15)22/h5-8,10-12H,3-4,9H2,1-2H3/b17-10+. The molecule has 8 nitrogen and oxygen atoms in total. The van der Waals surface area contributed by atoms with Crippen LogP contribution in [0.25, 0.3) is 6.08 Å². The highest BCUT2D eigenvalue weighted by Crippen LogP contribution is 2.31. The minimum atomic E-state index is -0.683. The monoisotopic (exact) mass is 430 g/mol. The van der Waals surface area contributed by atoms with E-state index in [0.29, 0.717) is 30.3 Å². The summed E-state index contributed by atoms with van der Waals surface area (Å²) in [4.78, 5) is 26.9. The van der Waals surface area contributed by atoms with Gasteiger partial charge in [-0.05, 0) is 43.2 Å². The largest absolute Gasteiger partial charge is 0.490 e. The summed E-state index contributed by atoms with van der Waals surface area (Å²) in [5, 5.41) is 11.2. The molecular weight excluding hydrogens is 412 g/mol. The molecule has 0 bridgehead atoms. The van der Waals surface area contributed by atoms with Gasteiger partial charge in [0.05, 0.1) is 28.7 Å². The van der Waals surface area contributed by atoms with Crippen molar-refractivity contribution in [3.8, 4) is 11.5 Å². The molecule has 30 heavy (non-hydrogen) atoms. The van der Waals surface area contributed by atoms with Crippen molar-refractivity contribution in [2.24, 2.45) is 4.99 Å². The number of nitrogens with zero attached hydrogens (tertiary/aromatic N) is 2. The number of benzene rings is 2. The van der Waals surface area contributed by atoms with E-state index in [0.717, 1.165) is 6.42 Å². The second kappa shape index (κ2) is 9.41. The third-order valence-corrected chi connectivity index (χ3v) is 4.37. The molecule has 2 aromatic rings. The van der Waals surface area contributed by atoms with Crippen LogP contribution in [0.5, 0.6) is 11.5 Å². The summed E-state index contributed by atoms with van der Waals surface area (Å²) in [6.07, 6.45) is 2.40. The van der Waals surface area contributed by atoms with Crippen LogP contribution in [0.1, 0.15) is 31.4 Å². The first kappa shape index (κ1) is 21.3. The summed E-state index contributed by atoms with van der Waals surface area (Å²) in [7, 11) is 0. The van der Waals surface area contributed by atoms with Gasteiger partial charge in [-0.15, -0.1) is 0 Å². The maximum Gasteiger partial charge on any atom is 0.363 e. The van der Waals surface area contributed by atoms with Crippen molar-refractivity contribution >= 4 is 35.2 Å². The maximum absolute atomic E-state index is 12.3. The Balaban J connectivity index is 1.93. The average molecular weight is 431 g/mol. The normalized spacial score (nSPS) is 14.4. The minimum absolute atomic E-state index is 0.0391. The molecule has 1 aliphatic rings. The number of ether oxygens (including phenoxy) is 3. The Bertz CT molecular complexity index is 1050. The van der Waals surface area contributed by atoms with Crippen molar-refractivity contribution < 1.29 is 23.9 Å². The summed E-state index contributed by atoms with van der Waals surface area (Å²) in [6.45, 7) is 4.89. The lowest BCUT2D eigenvalue weighted by Gasteiger charge is -2.12. The van der Waals surface area contributed by atoms with Gasteiger partial charge in [0.15, 0.2) is 17.2 Å². The zero-order chi connectivity index (χ0) is 21.7. The third kappa shape index (κ3) is 4.77. The number of cyclic esters (lactones) is 1. The first-order chi connectivity index (χ1) is 14.4. The topological polar surface area (TPSA) is 100 Å². The predicted molar refractivity (Wildman–Crippen MR) is 112 cm³/mol. The number of hydrogen-bond donors (Lipinski definition) is 0. The SMILES string of the molecule is CCCOc1ccc(/C=C2/N=C(c3cc([N+](=O)[O-])ccc3Cl)OC2=O)cc1OCC. The molecule has 0 fully saturated rings. The van der Waals surface area contributed by atoms with E-state index in [1.807, 2.05) is 13.8 Å². The summed E-state index contributed by atoms with van der Waals surface area (Å²) in [5.41, 5.74) is 0.678. The Morgan fingerprint density at radius 1 is 1.17 bits per heavy atom. The summed E-state index contributed by atoms with van der Waals surface area (Å²) >= 11 is 6.11. The van der Waals surface area contributed by atoms with E-state index >= 15 is 0 Å². The van der Waals surface area contributed by atoms with E-state index in [1.54, 1.807) is 18.2 Å². The molecule has 0 radical (unpaired) electrons. The molecule has 3 rings (SSSR count). The molecule has 0 aliphatic carbocycles. The molecule has 0 aromatic heterocycles. The molecule has 0 saturated carbocycles. The van der Waals surface area contributed by atoms with Crippen LogP contribution < -0.4 is 9.47 Å². The highest BCUT2D eigenvalue weighted by atomic mass is 35.5. The van der Waals surface area contributed by atoms with E-state index in [4.69, 9.17) is 25.8 Å². The van der Waals surface area contributed by atoms with Gasteiger partial charge in [0, 0.05) is 12.1 Å². The molecule has 2 aromatic carbocycles. The van der Waals surface area contributed by atoms with Crippen LogP contribution in [0, 0.1) is 10.1 Å². The maximum atomic E-state index is 12.3. The molecule has 1 heterocycles. The van der Waals surface area contributed by atoms with E-state index in [1.165, 1.54) is 24.3 Å². The smallest absolute Gasteiger partial charge is 0.363 e. The van der Waals surface area contributed by atoms with Crippen molar-refractivity contribution in [3.05, 3.63) is 68.4 Å². The van der Waals surface area contributed by atoms with Crippen LogP contribution in [-0.2, 0) is 9.53 Å². The van der Waals surface area contributed by atoms with Gasteiger partial charge in [0.25, 0.3) is 5.69 Å². The number of non-ortho nitro benzene ring substituents is 1. The quantitative estimate of drug-likeness (QED) is 0.258. The van der Waals surface area contributed by atoms with Crippen LogP contribution in [0.2, 0.25) is 5.02 Å². The van der Waals surface area contributed by atoms with Crippen molar-refractivity contribution in [2.45, 2.75) is 20.3 Å². The highest BCUT2D eigenvalue weighted by Gasteiger charge is 2.27. The van der Waals surface area contributed by atoms with Crippen molar-refractivity contribution in [3.63, 3.8) is 0 Å². The lowest BCUT2D eigenvalue weighted by molar-refractivity contribution is -0.384. The minimum Gasteiger partial charge on any atom is -0.490 e. The molecule has 9 heteroatoms. The summed E-state index contributed by atoms with van der Waals surface area (Å²) in [5.74, 6) is 0.393. The molecule has 0 unspecified atom stereocenters. The fourth-order valence-corrected chi connectivity index (χ4v) is 2.89. The Hall–Kier alpha value is -3.39. The van der Waals surface area contributed by atoms with E-state index in [2.05, 4.69) is 4.99 Å². The number of rotatable bonds is 8. The number of carbonyl (C=O) groups excluding carboxylic acids is 1. The second-order valence-electron chi connectivity index (χ2n) is 6.24. The van der Waals surface area contributed by atoms with Crippen LogP contribution >= 0.6 is 11.6 Å². The Morgan fingerprint density at radius 3 is 2.67 bits per heavy atom. The van der Waals surface area contributed by atoms with Crippen LogP contribution in [0.15, 0.2) is 47.1 Å². The van der Waals surface area contributed by atoms with Gasteiger partial charge in [-0.2, -0.15) is 0 Å². The zero-order valence-corrected chi connectivity index (χ0v) is 17.1. The number of nitro benzene ring substituents is 1. The first-order valence-electron chi connectivity index (χ1n) is 9.29. The molecule has 0 amide bonds. The molecular formula is C21H19ClN2O6. The van der Waals surface area contributed by atoms with E-state index < -0.39 is 10.9 Å².